The average Bonchev–Trinajstić information content (AvgIpc) is 3.37. The van der Waals surface area contributed by atoms with E-state index in [0.717, 1.165) is 43.8 Å². The predicted molar refractivity (Wildman–Crippen MR) is 170 cm³/mol. The Kier molecular flexibility index (Phi) is 6.29. The van der Waals surface area contributed by atoms with Gasteiger partial charge in [-0.05, 0) is 74.9 Å². The Labute approximate surface area is 247 Å². The summed E-state index contributed by atoms with van der Waals surface area (Å²) in [6.07, 6.45) is 1.68. The van der Waals surface area contributed by atoms with E-state index in [1.165, 1.54) is 16.5 Å². The number of nitrogens with zero attached hydrogens (tertiary/aromatic N) is 3. The number of rotatable bonds is 6. The number of aromatic nitrogens is 2. The molecule has 0 fully saturated rings. The van der Waals surface area contributed by atoms with Crippen molar-refractivity contribution in [2.24, 2.45) is 0 Å². The Morgan fingerprint density at radius 3 is 1.93 bits per heavy atom. The van der Waals surface area contributed by atoms with Crippen molar-refractivity contribution in [2.75, 3.05) is 0 Å². The lowest BCUT2D eigenvalue weighted by Gasteiger charge is -2.09. The summed E-state index contributed by atoms with van der Waals surface area (Å²) in [4.78, 5) is 16.8. The van der Waals surface area contributed by atoms with Gasteiger partial charge in [-0.15, -0.1) is 0 Å². The maximum atomic E-state index is 13.4. The number of sulfone groups is 1. The summed E-state index contributed by atoms with van der Waals surface area (Å²) in [7, 11) is -3.91. The Bertz CT molecular complexity index is 2320. The van der Waals surface area contributed by atoms with Crippen LogP contribution in [0, 0.1) is 17.0 Å². The zero-order valence-corrected chi connectivity index (χ0v) is 24.0. The van der Waals surface area contributed by atoms with E-state index in [1.54, 1.807) is 18.3 Å². The summed E-state index contributed by atoms with van der Waals surface area (Å²) in [5.74, 6) is -0.966. The predicted octanol–water partition coefficient (Wildman–Crippen LogP) is 8.17. The zero-order valence-electron chi connectivity index (χ0n) is 23.1. The van der Waals surface area contributed by atoms with Gasteiger partial charge < -0.3 is 10.1 Å². The maximum absolute atomic E-state index is 13.4. The molecule has 0 aliphatic rings. The fourth-order valence-corrected chi connectivity index (χ4v) is 6.85. The molecule has 43 heavy (non-hydrogen) atoms. The fraction of sp³-hybridized carbons (Fsp3) is 0.0571. The topological polar surface area (TPSA) is 94.6 Å². The number of hydrogen-bond donors (Lipinski definition) is 0. The van der Waals surface area contributed by atoms with Gasteiger partial charge in [0.05, 0.1) is 4.90 Å². The van der Waals surface area contributed by atoms with Crippen molar-refractivity contribution < 1.29 is 13.3 Å². The molecular weight excluding hydrogens is 558 g/mol. The van der Waals surface area contributed by atoms with E-state index in [2.05, 4.69) is 4.98 Å². The Balaban J connectivity index is 1.48. The lowest BCUT2D eigenvalue weighted by atomic mass is 9.97. The van der Waals surface area contributed by atoms with Gasteiger partial charge in [0.15, 0.2) is 15.5 Å². The van der Waals surface area contributed by atoms with E-state index in [1.807, 2.05) is 97.9 Å². The number of pyridine rings is 1. The largest absolute Gasteiger partial charge is 0.358 e. The molecule has 5 aromatic carbocycles. The van der Waals surface area contributed by atoms with Crippen LogP contribution < -0.4 is 0 Å². The molecule has 210 valence electrons. The second kappa shape index (κ2) is 10.2. The zero-order chi connectivity index (χ0) is 29.7. The molecule has 0 amide bonds. The molecule has 0 bridgehead atoms. The summed E-state index contributed by atoms with van der Waals surface area (Å²) in [5, 5.41) is 16.8. The second-order valence-electron chi connectivity index (χ2n) is 10.7. The van der Waals surface area contributed by atoms with Crippen LogP contribution in [0.4, 0.5) is 5.82 Å². The standard InChI is InChI=1S/C35H25N3O4S/c1-23-10-16-31(17-11-23)43(41,42)22-33-35(38(39)40)37-21-30(28-14-12-24-6-2-4-8-26(24)18-28)20-32(34(37)36-33)29-15-13-25-7-3-5-9-27(25)19-29/h2-21H,22H2,1H3. The first-order valence-corrected chi connectivity index (χ1v) is 15.4. The van der Waals surface area contributed by atoms with E-state index in [9.17, 15) is 18.5 Å². The minimum absolute atomic E-state index is 0.0936. The number of aryl methyl sites for hydroxylation is 1. The third-order valence-electron chi connectivity index (χ3n) is 7.79. The van der Waals surface area contributed by atoms with Gasteiger partial charge in [0.25, 0.3) is 0 Å². The van der Waals surface area contributed by atoms with Crippen LogP contribution in [0.25, 0.3) is 49.4 Å². The molecule has 0 unspecified atom stereocenters. The third-order valence-corrected chi connectivity index (χ3v) is 9.43. The van der Waals surface area contributed by atoms with Crippen molar-refractivity contribution in [3.63, 3.8) is 0 Å². The molecule has 0 saturated carbocycles. The van der Waals surface area contributed by atoms with Crippen molar-refractivity contribution in [3.05, 3.63) is 143 Å². The first kappa shape index (κ1) is 26.6. The molecule has 0 aliphatic heterocycles. The first-order valence-electron chi connectivity index (χ1n) is 13.7. The highest BCUT2D eigenvalue weighted by molar-refractivity contribution is 7.90. The minimum Gasteiger partial charge on any atom is -0.358 e. The number of nitro groups is 1. The van der Waals surface area contributed by atoms with Crippen molar-refractivity contribution in [1.82, 2.24) is 9.38 Å². The van der Waals surface area contributed by atoms with Crippen LogP contribution in [-0.2, 0) is 15.6 Å². The fourth-order valence-electron chi connectivity index (χ4n) is 5.57. The Morgan fingerprint density at radius 2 is 1.30 bits per heavy atom. The van der Waals surface area contributed by atoms with Crippen LogP contribution in [0.15, 0.2) is 126 Å². The van der Waals surface area contributed by atoms with Gasteiger partial charge in [-0.3, -0.25) is 0 Å². The highest BCUT2D eigenvalue weighted by atomic mass is 32.2. The quantitative estimate of drug-likeness (QED) is 0.145. The van der Waals surface area contributed by atoms with E-state index in [0.29, 0.717) is 11.2 Å². The monoisotopic (exact) mass is 583 g/mol. The molecule has 0 N–H and O–H groups in total. The van der Waals surface area contributed by atoms with Gasteiger partial charge in [0.1, 0.15) is 11.9 Å². The minimum atomic E-state index is -3.91. The smallest absolute Gasteiger partial charge is 0.352 e. The highest BCUT2D eigenvalue weighted by Crippen LogP contribution is 2.36. The van der Waals surface area contributed by atoms with Gasteiger partial charge in [0.2, 0.25) is 5.65 Å². The summed E-state index contributed by atoms with van der Waals surface area (Å²) < 4.78 is 28.2. The Morgan fingerprint density at radius 1 is 0.721 bits per heavy atom. The molecule has 7 rings (SSSR count). The van der Waals surface area contributed by atoms with Crippen LogP contribution in [-0.4, -0.2) is 22.7 Å². The molecule has 8 heteroatoms. The molecule has 0 atom stereocenters. The van der Waals surface area contributed by atoms with Gasteiger partial charge in [0, 0.05) is 11.1 Å². The van der Waals surface area contributed by atoms with Crippen molar-refractivity contribution in [2.45, 2.75) is 17.6 Å². The van der Waals surface area contributed by atoms with Crippen molar-refractivity contribution in [1.29, 1.82) is 0 Å². The number of imidazole rings is 1. The molecule has 0 saturated heterocycles. The maximum Gasteiger partial charge on any atom is 0.352 e. The highest BCUT2D eigenvalue weighted by Gasteiger charge is 2.30. The molecule has 2 heterocycles. The summed E-state index contributed by atoms with van der Waals surface area (Å²) in [5.41, 5.74) is 4.23. The first-order chi connectivity index (χ1) is 20.8. The number of fused-ring (bicyclic) bond motifs is 3. The van der Waals surface area contributed by atoms with Crippen LogP contribution in [0.5, 0.6) is 0 Å². The van der Waals surface area contributed by atoms with E-state index in [4.69, 9.17) is 0 Å². The summed E-state index contributed by atoms with van der Waals surface area (Å²) >= 11 is 0. The van der Waals surface area contributed by atoms with Gasteiger partial charge in [-0.25, -0.2) is 13.4 Å². The van der Waals surface area contributed by atoms with Crippen molar-refractivity contribution >= 4 is 42.8 Å². The molecule has 0 radical (unpaired) electrons. The third kappa shape index (κ3) is 4.81. The summed E-state index contributed by atoms with van der Waals surface area (Å²) in [6, 6.07) is 36.4. The van der Waals surface area contributed by atoms with Crippen LogP contribution in [0.2, 0.25) is 0 Å². The van der Waals surface area contributed by atoms with Gasteiger partial charge >= 0.3 is 5.82 Å². The van der Waals surface area contributed by atoms with Crippen molar-refractivity contribution in [3.8, 4) is 22.3 Å². The number of benzene rings is 5. The van der Waals surface area contributed by atoms with Crippen LogP contribution >= 0.6 is 0 Å². The molecule has 7 nitrogen and oxygen atoms in total. The lowest BCUT2D eigenvalue weighted by molar-refractivity contribution is -0.391. The molecular formula is C35H25N3O4S. The van der Waals surface area contributed by atoms with E-state index < -0.39 is 20.5 Å². The molecule has 7 aromatic rings. The van der Waals surface area contributed by atoms with Crippen LogP contribution in [0.3, 0.4) is 0 Å². The molecule has 0 aliphatic carbocycles. The van der Waals surface area contributed by atoms with Gasteiger partial charge in [-0.1, -0.05) is 90.5 Å². The van der Waals surface area contributed by atoms with E-state index >= 15 is 0 Å². The number of hydrogen-bond acceptors (Lipinski definition) is 5. The SMILES string of the molecule is Cc1ccc(S(=O)(=O)Cc2nc3c(-c4ccc5ccccc5c4)cc(-c4ccc5ccccc5c4)cn3c2[N+](=O)[O-])cc1. The molecule has 2 aromatic heterocycles. The van der Waals surface area contributed by atoms with Gasteiger partial charge in [-0.2, -0.15) is 4.40 Å². The van der Waals surface area contributed by atoms with Crippen LogP contribution in [0.1, 0.15) is 11.3 Å². The normalized spacial score (nSPS) is 11.8. The second-order valence-corrected chi connectivity index (χ2v) is 12.7. The van der Waals surface area contributed by atoms with E-state index in [-0.39, 0.29) is 16.4 Å². The average molecular weight is 584 g/mol. The molecule has 0 spiro atoms. The Hall–Kier alpha value is -5.34. The lowest BCUT2D eigenvalue weighted by Crippen LogP contribution is -2.07. The summed E-state index contributed by atoms with van der Waals surface area (Å²) in [6.45, 7) is 1.87.